The third-order valence-electron chi connectivity index (χ3n) is 0. The van der Waals surface area contributed by atoms with E-state index in [-0.39, 0.29) is 175 Å². The third-order valence-corrected chi connectivity index (χ3v) is 0. The van der Waals surface area contributed by atoms with Crippen LogP contribution in [0.15, 0.2) is 0 Å². The maximum atomic E-state index is 0. The van der Waals surface area contributed by atoms with Crippen LogP contribution < -0.4 is 0 Å². The molecule has 0 amide bonds. The van der Waals surface area contributed by atoms with Crippen LogP contribution in [0.1, 0.15) is 0 Å². The van der Waals surface area contributed by atoms with Gasteiger partial charge in [0.15, 0.2) is 0 Å². The molecule has 0 bridgehead atoms. The Morgan fingerprint density at radius 1 is 0.250 bits per heavy atom. The van der Waals surface area contributed by atoms with E-state index in [1.165, 1.54) is 0 Å². The van der Waals surface area contributed by atoms with Crippen molar-refractivity contribution in [3.63, 3.8) is 0 Å². The minimum absolute atomic E-state index is 0. The molecule has 0 aliphatic heterocycles. The Balaban J connectivity index is 0. The van der Waals surface area contributed by atoms with E-state index in [2.05, 4.69) is 0 Å². The quantitative estimate of drug-likeness (QED) is 0.270. The van der Waals surface area contributed by atoms with Gasteiger partial charge in [-0.05, 0) is 0 Å². The minimum atomic E-state index is 0. The normalized spacial score (nSPS) is 0. The van der Waals surface area contributed by atoms with Gasteiger partial charge in [-0.15, -0.1) is 0 Å². The zero-order valence-electron chi connectivity index (χ0n) is 2.92. The van der Waals surface area contributed by atoms with Gasteiger partial charge in [-0.1, -0.05) is 0 Å². The molecular weight excluding hydrogens is 897 g/mol. The van der Waals surface area contributed by atoms with Gasteiger partial charge in [0.25, 0.3) is 0 Å². The maximum absolute atomic E-state index is 0. The molecule has 0 saturated heterocycles. The van der Waals surface area contributed by atoms with E-state index in [9.17, 15) is 0 Å². The molecule has 8 heteroatoms. The summed E-state index contributed by atoms with van der Waals surface area (Å²) in [6, 6.07) is 0. The smallest absolute Gasteiger partial charge is 0 e. The molecule has 0 aromatic carbocycles. The molecule has 9 radical (unpaired) electrons. The van der Waals surface area contributed by atoms with Crippen LogP contribution in [0.3, 0.4) is 0 Å². The Morgan fingerprint density at radius 2 is 0.250 bits per heavy atom. The van der Waals surface area contributed by atoms with Crippen molar-refractivity contribution in [3.8, 4) is 0 Å². The van der Waals surface area contributed by atoms with Gasteiger partial charge in [0, 0.05) is 175 Å². The van der Waals surface area contributed by atoms with Crippen LogP contribution in [0, 0.1) is 0 Å². The third kappa shape index (κ3) is 41.0. The molecule has 0 aromatic heterocycles. The summed E-state index contributed by atoms with van der Waals surface area (Å²) in [5.41, 5.74) is 0. The maximum Gasteiger partial charge on any atom is 0 e. The van der Waals surface area contributed by atoms with Gasteiger partial charge in [0.2, 0.25) is 0 Å². The Bertz CT molecular complexity index is 7.64. The number of rotatable bonds is 0. The number of hydrogen-bond donors (Lipinski definition) is 0. The Hall–Kier alpha value is 5.77. The van der Waals surface area contributed by atoms with Gasteiger partial charge in [-0.2, -0.15) is 0 Å². The summed E-state index contributed by atoms with van der Waals surface area (Å²) in [6.07, 6.45) is 0. The van der Waals surface area contributed by atoms with E-state index >= 15 is 0 Å². The molecular formula is Pd5Sb3. The second-order valence-corrected chi connectivity index (χ2v) is 0. The molecule has 0 atom stereocenters. The van der Waals surface area contributed by atoms with Crippen molar-refractivity contribution >= 4 is 73.3 Å². The first-order chi connectivity index (χ1) is 0. The monoisotopic (exact) mass is 892 g/mol. The molecule has 0 N–H and O–H groups in total. The molecule has 0 aliphatic rings. The van der Waals surface area contributed by atoms with Crippen LogP contribution in [-0.2, 0) is 102 Å². The minimum Gasteiger partial charge on any atom is 0 e. The summed E-state index contributed by atoms with van der Waals surface area (Å²) in [6.45, 7) is 0. The van der Waals surface area contributed by atoms with E-state index in [1.54, 1.807) is 0 Å². The SMILES string of the molecule is [Pd].[Pd].[Pd].[Pd].[Pd].[Sb].[Sb].[Sb]. The van der Waals surface area contributed by atoms with Crippen LogP contribution in [-0.4, -0.2) is 73.3 Å². The van der Waals surface area contributed by atoms with Gasteiger partial charge in [-0.25, -0.2) is 0 Å². The van der Waals surface area contributed by atoms with Crippen molar-refractivity contribution in [2.45, 2.75) is 0 Å². The fourth-order valence-corrected chi connectivity index (χ4v) is 0. The summed E-state index contributed by atoms with van der Waals surface area (Å²) in [5.74, 6) is 0. The van der Waals surface area contributed by atoms with Crippen molar-refractivity contribution in [2.75, 3.05) is 0 Å². The molecule has 0 saturated carbocycles. The van der Waals surface area contributed by atoms with Gasteiger partial charge < -0.3 is 0 Å². The first kappa shape index (κ1) is 67.5. The van der Waals surface area contributed by atoms with E-state index in [4.69, 9.17) is 0 Å². The zero-order chi connectivity index (χ0) is 0. The molecule has 0 spiro atoms. The van der Waals surface area contributed by atoms with E-state index < -0.39 is 0 Å². The second kappa shape index (κ2) is 53.2. The average molecular weight is 897 g/mol. The van der Waals surface area contributed by atoms with Crippen LogP contribution in [0.2, 0.25) is 0 Å². The summed E-state index contributed by atoms with van der Waals surface area (Å²) >= 11 is 0. The van der Waals surface area contributed by atoms with Gasteiger partial charge in [0.05, 0.1) is 0 Å². The van der Waals surface area contributed by atoms with Gasteiger partial charge in [0.1, 0.15) is 0 Å². The number of hydrogen-bond acceptors (Lipinski definition) is 0. The standard InChI is InChI=1S/5Pd.3Sb. The molecule has 0 unspecified atom stereocenters. The average Bonchev–Trinajstić information content (AvgIpc) is 0. The molecule has 0 heterocycles. The molecule has 0 rings (SSSR count). The molecule has 0 fully saturated rings. The van der Waals surface area contributed by atoms with E-state index in [1.807, 2.05) is 0 Å². The second-order valence-electron chi connectivity index (χ2n) is 0. The van der Waals surface area contributed by atoms with Crippen molar-refractivity contribution in [2.24, 2.45) is 0 Å². The van der Waals surface area contributed by atoms with Crippen molar-refractivity contribution in [1.29, 1.82) is 0 Å². The summed E-state index contributed by atoms with van der Waals surface area (Å²) in [5, 5.41) is 0. The fourth-order valence-electron chi connectivity index (χ4n) is 0. The summed E-state index contributed by atoms with van der Waals surface area (Å²) in [4.78, 5) is 0. The predicted molar refractivity (Wildman–Crippen MR) is 17.3 cm³/mol. The Labute approximate surface area is 171 Å². The molecule has 0 aromatic rings. The van der Waals surface area contributed by atoms with Gasteiger partial charge >= 0.3 is 0 Å². The van der Waals surface area contributed by atoms with E-state index in [0.29, 0.717) is 0 Å². The Morgan fingerprint density at radius 3 is 0.250 bits per heavy atom. The van der Waals surface area contributed by atoms with Crippen molar-refractivity contribution < 1.29 is 102 Å². The first-order valence-corrected chi connectivity index (χ1v) is 0. The first-order valence-electron chi connectivity index (χ1n) is 0. The molecule has 65 valence electrons. The van der Waals surface area contributed by atoms with Crippen LogP contribution >= 0.6 is 0 Å². The summed E-state index contributed by atoms with van der Waals surface area (Å²) in [7, 11) is 0. The predicted octanol–water partition coefficient (Wildman–Crippen LogP) is -1.15. The zero-order valence-corrected chi connectivity index (χ0v) is 18.4. The largest absolute Gasteiger partial charge is 0 e. The fraction of sp³-hybridized carbons (Fsp3) is 0. The molecule has 8 heavy (non-hydrogen) atoms. The van der Waals surface area contributed by atoms with Gasteiger partial charge in [-0.3, -0.25) is 0 Å². The van der Waals surface area contributed by atoms with Crippen LogP contribution in [0.5, 0.6) is 0 Å². The molecule has 0 aliphatic carbocycles. The summed E-state index contributed by atoms with van der Waals surface area (Å²) < 4.78 is 0. The van der Waals surface area contributed by atoms with Crippen LogP contribution in [0.25, 0.3) is 0 Å². The topological polar surface area (TPSA) is 0 Å². The van der Waals surface area contributed by atoms with Crippen molar-refractivity contribution in [3.05, 3.63) is 0 Å². The van der Waals surface area contributed by atoms with Crippen molar-refractivity contribution in [1.82, 2.24) is 0 Å². The molecule has 0 nitrogen and oxygen atoms in total. The van der Waals surface area contributed by atoms with Crippen LogP contribution in [0.4, 0.5) is 0 Å². The Kier molecular flexibility index (Phi) is 448. The van der Waals surface area contributed by atoms with E-state index in [0.717, 1.165) is 0 Å².